The maximum absolute atomic E-state index is 13.7. The van der Waals surface area contributed by atoms with E-state index in [1.807, 2.05) is 31.0 Å². The molecule has 1 N–H and O–H groups in total. The molecule has 21 heavy (non-hydrogen) atoms. The molecule has 0 amide bonds. The highest BCUT2D eigenvalue weighted by molar-refractivity contribution is 5.49. The summed E-state index contributed by atoms with van der Waals surface area (Å²) < 4.78 is 13.7. The van der Waals surface area contributed by atoms with E-state index in [4.69, 9.17) is 0 Å². The van der Waals surface area contributed by atoms with Crippen molar-refractivity contribution in [2.75, 3.05) is 23.8 Å². The SMILES string of the molecule is CCCNc1cc(N(C)Cc2ccccc2F)nc(C)n1. The van der Waals surface area contributed by atoms with Gasteiger partial charge in [-0.2, -0.15) is 0 Å². The second-order valence-electron chi connectivity index (χ2n) is 5.03. The molecule has 5 heteroatoms. The Morgan fingerprint density at radius 3 is 2.71 bits per heavy atom. The highest BCUT2D eigenvalue weighted by Gasteiger charge is 2.09. The van der Waals surface area contributed by atoms with Crippen molar-refractivity contribution in [3.63, 3.8) is 0 Å². The van der Waals surface area contributed by atoms with Crippen LogP contribution in [0.3, 0.4) is 0 Å². The number of rotatable bonds is 6. The van der Waals surface area contributed by atoms with Crippen LogP contribution in [0.15, 0.2) is 30.3 Å². The molecule has 0 aliphatic heterocycles. The Morgan fingerprint density at radius 1 is 1.24 bits per heavy atom. The van der Waals surface area contributed by atoms with Crippen molar-refractivity contribution in [3.8, 4) is 0 Å². The van der Waals surface area contributed by atoms with Gasteiger partial charge in [-0.15, -0.1) is 0 Å². The normalized spacial score (nSPS) is 10.5. The van der Waals surface area contributed by atoms with Crippen LogP contribution in [0.1, 0.15) is 24.7 Å². The van der Waals surface area contributed by atoms with Gasteiger partial charge in [0.15, 0.2) is 0 Å². The van der Waals surface area contributed by atoms with Crippen molar-refractivity contribution in [2.24, 2.45) is 0 Å². The molecule has 0 aliphatic carbocycles. The number of hydrogen-bond acceptors (Lipinski definition) is 4. The summed E-state index contributed by atoms with van der Waals surface area (Å²) in [6.07, 6.45) is 1.03. The Labute approximate surface area is 125 Å². The third kappa shape index (κ3) is 4.15. The minimum atomic E-state index is -0.195. The van der Waals surface area contributed by atoms with Gasteiger partial charge in [0.05, 0.1) is 0 Å². The second-order valence-corrected chi connectivity index (χ2v) is 5.03. The molecule has 0 unspecified atom stereocenters. The maximum Gasteiger partial charge on any atom is 0.134 e. The fourth-order valence-electron chi connectivity index (χ4n) is 2.05. The molecule has 0 fully saturated rings. The molecule has 0 bridgehead atoms. The predicted octanol–water partition coefficient (Wildman–Crippen LogP) is 3.38. The summed E-state index contributed by atoms with van der Waals surface area (Å²) in [5.41, 5.74) is 0.652. The molecule has 0 radical (unpaired) electrons. The average molecular weight is 288 g/mol. The fourth-order valence-corrected chi connectivity index (χ4v) is 2.05. The van der Waals surface area contributed by atoms with E-state index < -0.39 is 0 Å². The van der Waals surface area contributed by atoms with Crippen molar-refractivity contribution in [3.05, 3.63) is 47.5 Å². The number of aryl methyl sites for hydroxylation is 1. The van der Waals surface area contributed by atoms with Gasteiger partial charge in [-0.1, -0.05) is 25.1 Å². The summed E-state index contributed by atoms with van der Waals surface area (Å²) in [5.74, 6) is 2.09. The van der Waals surface area contributed by atoms with Crippen molar-refractivity contribution in [1.82, 2.24) is 9.97 Å². The quantitative estimate of drug-likeness (QED) is 0.884. The Balaban J connectivity index is 2.16. The smallest absolute Gasteiger partial charge is 0.134 e. The number of halogens is 1. The van der Waals surface area contributed by atoms with Crippen LogP contribution in [-0.4, -0.2) is 23.6 Å². The number of benzene rings is 1. The molecule has 0 spiro atoms. The summed E-state index contributed by atoms with van der Waals surface area (Å²) in [7, 11) is 1.90. The van der Waals surface area contributed by atoms with Gasteiger partial charge >= 0.3 is 0 Å². The van der Waals surface area contributed by atoms with Gasteiger partial charge in [0.25, 0.3) is 0 Å². The lowest BCUT2D eigenvalue weighted by atomic mass is 10.2. The van der Waals surface area contributed by atoms with Gasteiger partial charge in [0, 0.05) is 31.8 Å². The minimum absolute atomic E-state index is 0.195. The molecule has 0 saturated carbocycles. The van der Waals surface area contributed by atoms with Crippen molar-refractivity contribution in [2.45, 2.75) is 26.8 Å². The Bertz CT molecular complexity index is 601. The van der Waals surface area contributed by atoms with E-state index in [-0.39, 0.29) is 5.82 Å². The molecule has 2 aromatic rings. The van der Waals surface area contributed by atoms with Crippen LogP contribution in [0, 0.1) is 12.7 Å². The summed E-state index contributed by atoms with van der Waals surface area (Å²) in [6.45, 7) is 5.30. The monoisotopic (exact) mass is 288 g/mol. The van der Waals surface area contributed by atoms with Crippen LogP contribution in [0.5, 0.6) is 0 Å². The van der Waals surface area contributed by atoms with Gasteiger partial charge in [-0.3, -0.25) is 0 Å². The molecule has 0 aliphatic rings. The molecule has 0 saturated heterocycles. The highest BCUT2D eigenvalue weighted by Crippen LogP contribution is 2.18. The lowest BCUT2D eigenvalue weighted by Gasteiger charge is -2.19. The van der Waals surface area contributed by atoms with Crippen LogP contribution in [0.2, 0.25) is 0 Å². The number of nitrogens with one attached hydrogen (secondary N) is 1. The first-order chi connectivity index (χ1) is 10.1. The van der Waals surface area contributed by atoms with Crippen molar-refractivity contribution >= 4 is 11.6 Å². The molecule has 1 aromatic heterocycles. The van der Waals surface area contributed by atoms with Gasteiger partial charge in [-0.05, 0) is 19.4 Å². The van der Waals surface area contributed by atoms with Crippen LogP contribution in [0.4, 0.5) is 16.0 Å². The van der Waals surface area contributed by atoms with Crippen molar-refractivity contribution in [1.29, 1.82) is 0 Å². The number of anilines is 2. The number of aromatic nitrogens is 2. The maximum atomic E-state index is 13.7. The second kappa shape index (κ2) is 7.02. The summed E-state index contributed by atoms with van der Waals surface area (Å²) in [5, 5.41) is 3.25. The standard InChI is InChI=1S/C16H21FN4/c1-4-9-18-15-10-16(20-12(2)19-15)21(3)11-13-7-5-6-8-14(13)17/h5-8,10H,4,9,11H2,1-3H3,(H,18,19,20). The molecule has 0 atom stereocenters. The van der Waals surface area contributed by atoms with Gasteiger partial charge in [0.1, 0.15) is 23.3 Å². The van der Waals surface area contributed by atoms with Gasteiger partial charge < -0.3 is 10.2 Å². The average Bonchev–Trinajstić information content (AvgIpc) is 2.47. The van der Waals surface area contributed by atoms with E-state index >= 15 is 0 Å². The molecule has 1 aromatic carbocycles. The van der Waals surface area contributed by atoms with Crippen LogP contribution >= 0.6 is 0 Å². The predicted molar refractivity (Wildman–Crippen MR) is 84.1 cm³/mol. The number of hydrogen-bond donors (Lipinski definition) is 1. The highest BCUT2D eigenvalue weighted by atomic mass is 19.1. The van der Waals surface area contributed by atoms with Crippen LogP contribution < -0.4 is 10.2 Å². The Morgan fingerprint density at radius 2 is 2.00 bits per heavy atom. The topological polar surface area (TPSA) is 41.0 Å². The third-order valence-corrected chi connectivity index (χ3v) is 3.14. The van der Waals surface area contributed by atoms with E-state index in [0.29, 0.717) is 17.9 Å². The zero-order chi connectivity index (χ0) is 15.2. The first-order valence-electron chi connectivity index (χ1n) is 7.14. The van der Waals surface area contributed by atoms with Crippen LogP contribution in [-0.2, 0) is 6.54 Å². The van der Waals surface area contributed by atoms with E-state index in [1.54, 1.807) is 12.1 Å². The molecule has 1 heterocycles. The molecule has 4 nitrogen and oxygen atoms in total. The summed E-state index contributed by atoms with van der Waals surface area (Å²) in [6, 6.07) is 8.69. The van der Waals surface area contributed by atoms with Gasteiger partial charge in [-0.25, -0.2) is 14.4 Å². The first-order valence-corrected chi connectivity index (χ1v) is 7.14. The van der Waals surface area contributed by atoms with E-state index in [1.165, 1.54) is 6.07 Å². The third-order valence-electron chi connectivity index (χ3n) is 3.14. The minimum Gasteiger partial charge on any atom is -0.370 e. The van der Waals surface area contributed by atoms with Crippen molar-refractivity contribution < 1.29 is 4.39 Å². The number of nitrogens with zero attached hydrogens (tertiary/aromatic N) is 3. The van der Waals surface area contributed by atoms with E-state index in [9.17, 15) is 4.39 Å². The molecule has 2 rings (SSSR count). The first kappa shape index (κ1) is 15.2. The Kier molecular flexibility index (Phi) is 5.09. The molecular formula is C16H21FN4. The lowest BCUT2D eigenvalue weighted by Crippen LogP contribution is -2.19. The van der Waals surface area contributed by atoms with Gasteiger partial charge in [0.2, 0.25) is 0 Å². The van der Waals surface area contributed by atoms with Crippen LogP contribution in [0.25, 0.3) is 0 Å². The molecular weight excluding hydrogens is 267 g/mol. The van der Waals surface area contributed by atoms with E-state index in [0.717, 1.165) is 24.6 Å². The Hall–Kier alpha value is -2.17. The van der Waals surface area contributed by atoms with E-state index in [2.05, 4.69) is 22.2 Å². The zero-order valence-corrected chi connectivity index (χ0v) is 12.7. The zero-order valence-electron chi connectivity index (χ0n) is 12.7. The lowest BCUT2D eigenvalue weighted by molar-refractivity contribution is 0.607. The fraction of sp³-hybridized carbons (Fsp3) is 0.375. The summed E-state index contributed by atoms with van der Waals surface area (Å²) in [4.78, 5) is 10.7. The summed E-state index contributed by atoms with van der Waals surface area (Å²) >= 11 is 0. The molecule has 112 valence electrons. The largest absolute Gasteiger partial charge is 0.370 e.